The summed E-state index contributed by atoms with van der Waals surface area (Å²) in [6.07, 6.45) is 3.13. The third-order valence-corrected chi connectivity index (χ3v) is 7.63. The summed E-state index contributed by atoms with van der Waals surface area (Å²) < 4.78 is 19.5. The quantitative estimate of drug-likeness (QED) is 0.584. The lowest BCUT2D eigenvalue weighted by Gasteiger charge is -2.37. The third-order valence-electron chi connectivity index (χ3n) is 4.27. The molecule has 0 amide bonds. The zero-order valence-corrected chi connectivity index (χ0v) is 16.9. The monoisotopic (exact) mass is 338 g/mol. The standard InChI is InChI=1S/C19H34O3Si/c1-8-16(5)20-23(21-17(6)9-2,22-18(7)10-3)19-14-12-11-13-15(19)4/h11-14,16-18H,8-10H2,1-7H3. The molecular formula is C19H34O3Si. The van der Waals surface area contributed by atoms with Crippen molar-refractivity contribution in [2.45, 2.75) is 86.0 Å². The van der Waals surface area contributed by atoms with Gasteiger partial charge in [0.05, 0.1) is 0 Å². The van der Waals surface area contributed by atoms with Crippen molar-refractivity contribution in [2.24, 2.45) is 0 Å². The van der Waals surface area contributed by atoms with Gasteiger partial charge in [-0.1, -0.05) is 45.0 Å². The lowest BCUT2D eigenvalue weighted by molar-refractivity contribution is 0.000685. The minimum absolute atomic E-state index is 0.106. The molecule has 1 rings (SSSR count). The average molecular weight is 339 g/mol. The molecule has 0 spiro atoms. The minimum Gasteiger partial charge on any atom is -0.367 e. The summed E-state index contributed by atoms with van der Waals surface area (Å²) in [7, 11) is -2.97. The molecule has 0 fully saturated rings. The Labute approximate surface area is 143 Å². The van der Waals surface area contributed by atoms with Crippen molar-refractivity contribution in [1.82, 2.24) is 0 Å². The van der Waals surface area contributed by atoms with Gasteiger partial charge in [-0.2, -0.15) is 0 Å². The van der Waals surface area contributed by atoms with Crippen LogP contribution in [-0.4, -0.2) is 27.1 Å². The summed E-state index contributed by atoms with van der Waals surface area (Å²) >= 11 is 0. The maximum absolute atomic E-state index is 6.49. The fourth-order valence-corrected chi connectivity index (χ4v) is 5.74. The molecule has 3 atom stereocenters. The largest absolute Gasteiger partial charge is 0.538 e. The summed E-state index contributed by atoms with van der Waals surface area (Å²) in [5.74, 6) is 0. The molecule has 0 aliphatic carbocycles. The Hall–Kier alpha value is -0.683. The Bertz CT molecular complexity index is 432. The first-order valence-corrected chi connectivity index (χ1v) is 10.7. The highest BCUT2D eigenvalue weighted by molar-refractivity contribution is 6.76. The van der Waals surface area contributed by atoms with E-state index in [0.717, 1.165) is 24.4 Å². The fraction of sp³-hybridized carbons (Fsp3) is 0.684. The summed E-state index contributed by atoms with van der Waals surface area (Å²) in [5.41, 5.74) is 1.18. The van der Waals surface area contributed by atoms with Crippen LogP contribution in [0, 0.1) is 6.92 Å². The molecule has 0 saturated carbocycles. The Balaban J connectivity index is 3.34. The summed E-state index contributed by atoms with van der Waals surface area (Å²) in [4.78, 5) is 0. The smallest absolute Gasteiger partial charge is 0.367 e. The van der Waals surface area contributed by atoms with Gasteiger partial charge in [0.25, 0.3) is 0 Å². The van der Waals surface area contributed by atoms with Crippen LogP contribution in [0.4, 0.5) is 0 Å². The van der Waals surface area contributed by atoms with E-state index in [-0.39, 0.29) is 18.3 Å². The first-order chi connectivity index (χ1) is 10.9. The molecule has 0 N–H and O–H groups in total. The normalized spacial score (nSPS) is 18.2. The van der Waals surface area contributed by atoms with Crippen molar-refractivity contribution in [3.05, 3.63) is 29.8 Å². The highest BCUT2D eigenvalue weighted by Gasteiger charge is 2.48. The van der Waals surface area contributed by atoms with Crippen LogP contribution in [0.3, 0.4) is 0 Å². The van der Waals surface area contributed by atoms with Crippen molar-refractivity contribution < 1.29 is 13.3 Å². The number of hydrogen-bond acceptors (Lipinski definition) is 3. The predicted octanol–water partition coefficient (Wildman–Crippen LogP) is 4.59. The number of aryl methyl sites for hydroxylation is 1. The zero-order valence-electron chi connectivity index (χ0n) is 15.9. The lowest BCUT2D eigenvalue weighted by atomic mass is 10.2. The van der Waals surface area contributed by atoms with Crippen LogP contribution in [0.15, 0.2) is 24.3 Å². The van der Waals surface area contributed by atoms with E-state index in [1.807, 2.05) is 12.1 Å². The van der Waals surface area contributed by atoms with Gasteiger partial charge < -0.3 is 13.3 Å². The molecule has 0 saturated heterocycles. The van der Waals surface area contributed by atoms with Gasteiger partial charge in [-0.3, -0.25) is 0 Å². The molecule has 0 bridgehead atoms. The van der Waals surface area contributed by atoms with Gasteiger partial charge in [0.15, 0.2) is 0 Å². The van der Waals surface area contributed by atoms with Crippen LogP contribution in [0.25, 0.3) is 0 Å². The van der Waals surface area contributed by atoms with E-state index in [2.05, 4.69) is 60.6 Å². The second kappa shape index (κ2) is 9.57. The van der Waals surface area contributed by atoms with Gasteiger partial charge in [0.2, 0.25) is 0 Å². The van der Waals surface area contributed by atoms with E-state index in [9.17, 15) is 0 Å². The molecule has 132 valence electrons. The number of benzene rings is 1. The van der Waals surface area contributed by atoms with E-state index in [4.69, 9.17) is 13.3 Å². The summed E-state index contributed by atoms with van der Waals surface area (Å²) in [5, 5.41) is 1.10. The van der Waals surface area contributed by atoms with Crippen LogP contribution in [0.2, 0.25) is 0 Å². The SMILES string of the molecule is CCC(C)O[Si](OC(C)CC)(OC(C)CC)c1ccccc1C. The maximum Gasteiger partial charge on any atom is 0.538 e. The molecule has 0 heterocycles. The Morgan fingerprint density at radius 1 is 0.783 bits per heavy atom. The van der Waals surface area contributed by atoms with E-state index in [1.54, 1.807) is 0 Å². The van der Waals surface area contributed by atoms with Crippen molar-refractivity contribution in [3.63, 3.8) is 0 Å². The Kier molecular flexibility index (Phi) is 8.48. The van der Waals surface area contributed by atoms with Gasteiger partial charge in [0, 0.05) is 23.5 Å². The minimum atomic E-state index is -2.97. The molecule has 0 aromatic heterocycles. The van der Waals surface area contributed by atoms with Crippen molar-refractivity contribution in [3.8, 4) is 0 Å². The van der Waals surface area contributed by atoms with E-state index in [1.165, 1.54) is 5.56 Å². The van der Waals surface area contributed by atoms with E-state index >= 15 is 0 Å². The second-order valence-corrected chi connectivity index (χ2v) is 8.74. The molecular weight excluding hydrogens is 304 g/mol. The van der Waals surface area contributed by atoms with Gasteiger partial charge in [0.1, 0.15) is 0 Å². The van der Waals surface area contributed by atoms with E-state index < -0.39 is 8.80 Å². The van der Waals surface area contributed by atoms with Gasteiger partial charge in [-0.15, -0.1) is 0 Å². The highest BCUT2D eigenvalue weighted by Crippen LogP contribution is 2.22. The zero-order chi connectivity index (χ0) is 17.5. The van der Waals surface area contributed by atoms with E-state index in [0.29, 0.717) is 0 Å². The molecule has 1 aromatic carbocycles. The number of hydrogen-bond donors (Lipinski definition) is 0. The molecule has 4 heteroatoms. The first kappa shape index (κ1) is 20.4. The molecule has 0 aliphatic heterocycles. The molecule has 3 nitrogen and oxygen atoms in total. The maximum atomic E-state index is 6.49. The fourth-order valence-electron chi connectivity index (χ4n) is 2.23. The van der Waals surface area contributed by atoms with Gasteiger partial charge >= 0.3 is 8.80 Å². The third kappa shape index (κ3) is 5.71. The molecule has 1 aromatic rings. The van der Waals surface area contributed by atoms with Gasteiger partial charge in [-0.25, -0.2) is 0 Å². The predicted molar refractivity (Wildman–Crippen MR) is 99.1 cm³/mol. The lowest BCUT2D eigenvalue weighted by Crippen LogP contribution is -2.61. The van der Waals surface area contributed by atoms with Gasteiger partial charge in [-0.05, 0) is 52.5 Å². The summed E-state index contributed by atoms with van der Waals surface area (Å²) in [6.45, 7) is 14.8. The van der Waals surface area contributed by atoms with Crippen LogP contribution >= 0.6 is 0 Å². The van der Waals surface area contributed by atoms with Crippen molar-refractivity contribution in [2.75, 3.05) is 0 Å². The van der Waals surface area contributed by atoms with Crippen molar-refractivity contribution >= 4 is 14.0 Å². The topological polar surface area (TPSA) is 27.7 Å². The highest BCUT2D eigenvalue weighted by atomic mass is 28.4. The Morgan fingerprint density at radius 3 is 1.52 bits per heavy atom. The molecule has 0 radical (unpaired) electrons. The van der Waals surface area contributed by atoms with Crippen LogP contribution < -0.4 is 5.19 Å². The molecule has 0 aliphatic rings. The van der Waals surface area contributed by atoms with Crippen molar-refractivity contribution in [1.29, 1.82) is 0 Å². The van der Waals surface area contributed by atoms with Crippen LogP contribution in [-0.2, 0) is 13.3 Å². The van der Waals surface area contributed by atoms with Crippen LogP contribution in [0.5, 0.6) is 0 Å². The number of rotatable bonds is 10. The molecule has 3 unspecified atom stereocenters. The summed E-state index contributed by atoms with van der Waals surface area (Å²) in [6, 6.07) is 8.31. The first-order valence-electron chi connectivity index (χ1n) is 8.97. The Morgan fingerprint density at radius 2 is 1.17 bits per heavy atom. The molecule has 23 heavy (non-hydrogen) atoms. The second-order valence-electron chi connectivity index (χ2n) is 6.38. The average Bonchev–Trinajstić information content (AvgIpc) is 2.54. The van der Waals surface area contributed by atoms with Crippen LogP contribution in [0.1, 0.15) is 66.4 Å².